The molecule has 23 heavy (non-hydrogen) atoms. The zero-order valence-corrected chi connectivity index (χ0v) is 13.2. The summed E-state index contributed by atoms with van der Waals surface area (Å²) in [4.78, 5) is 10.8. The largest absolute Gasteiger partial charge is 0.493 e. The lowest BCUT2D eigenvalue weighted by Crippen LogP contribution is -2.26. The van der Waals surface area contributed by atoms with Crippen molar-refractivity contribution in [3.63, 3.8) is 0 Å². The van der Waals surface area contributed by atoms with Crippen LogP contribution in [0.25, 0.3) is 0 Å². The minimum atomic E-state index is -0.929. The third-order valence-electron chi connectivity index (χ3n) is 4.18. The predicted octanol–water partition coefficient (Wildman–Crippen LogP) is 3.84. The first kappa shape index (κ1) is 15.2. The fourth-order valence-electron chi connectivity index (χ4n) is 2.65. The Kier molecular flexibility index (Phi) is 3.83. The molecule has 0 radical (unpaired) electrons. The van der Waals surface area contributed by atoms with Gasteiger partial charge in [-0.05, 0) is 54.3 Å². The predicted molar refractivity (Wildman–Crippen MR) is 89.0 cm³/mol. The van der Waals surface area contributed by atoms with Crippen LogP contribution in [0.15, 0.2) is 42.5 Å². The van der Waals surface area contributed by atoms with Gasteiger partial charge in [0, 0.05) is 16.7 Å². The van der Waals surface area contributed by atoms with Gasteiger partial charge in [0.2, 0.25) is 0 Å². The molecule has 3 nitrogen and oxygen atoms in total. The molecule has 0 fully saturated rings. The SMILES string of the molecule is CC1(C)CCOc2ccc(C#Cc3ccc(C(=O)O)cc3)cc21. The van der Waals surface area contributed by atoms with Gasteiger partial charge in [0.25, 0.3) is 0 Å². The van der Waals surface area contributed by atoms with Crippen LogP contribution in [0, 0.1) is 11.8 Å². The van der Waals surface area contributed by atoms with Gasteiger partial charge < -0.3 is 9.84 Å². The molecule has 1 aliphatic rings. The average molecular weight is 306 g/mol. The first-order chi connectivity index (χ1) is 11.0. The zero-order chi connectivity index (χ0) is 16.4. The maximum Gasteiger partial charge on any atom is 0.335 e. The smallest absolute Gasteiger partial charge is 0.335 e. The summed E-state index contributed by atoms with van der Waals surface area (Å²) in [7, 11) is 0. The highest BCUT2D eigenvalue weighted by Gasteiger charge is 2.28. The highest BCUT2D eigenvalue weighted by molar-refractivity contribution is 5.87. The number of hydrogen-bond donors (Lipinski definition) is 1. The summed E-state index contributed by atoms with van der Waals surface area (Å²) in [6.07, 6.45) is 0.994. The average Bonchev–Trinajstić information content (AvgIpc) is 2.53. The van der Waals surface area contributed by atoms with Gasteiger partial charge in [0.15, 0.2) is 0 Å². The number of carboxylic acids is 1. The van der Waals surface area contributed by atoms with Crippen LogP contribution in [0.5, 0.6) is 5.75 Å². The van der Waals surface area contributed by atoms with Crippen molar-refractivity contribution in [2.75, 3.05) is 6.61 Å². The molecule has 1 N–H and O–H groups in total. The van der Waals surface area contributed by atoms with Crippen molar-refractivity contribution in [1.82, 2.24) is 0 Å². The van der Waals surface area contributed by atoms with E-state index >= 15 is 0 Å². The molecule has 0 aliphatic carbocycles. The minimum absolute atomic E-state index is 0.0917. The lowest BCUT2D eigenvalue weighted by atomic mass is 9.79. The standard InChI is InChI=1S/C20H18O3/c1-20(2)11-12-23-18-10-7-15(13-17(18)20)4-3-14-5-8-16(9-6-14)19(21)22/h5-10,13H,11-12H2,1-2H3,(H,21,22). The molecule has 0 amide bonds. The van der Waals surface area contributed by atoms with Crippen LogP contribution in [0.3, 0.4) is 0 Å². The maximum absolute atomic E-state index is 10.8. The number of rotatable bonds is 1. The van der Waals surface area contributed by atoms with E-state index in [0.717, 1.165) is 29.9 Å². The summed E-state index contributed by atoms with van der Waals surface area (Å²) in [5.74, 6) is 6.24. The van der Waals surface area contributed by atoms with E-state index in [9.17, 15) is 4.79 Å². The van der Waals surface area contributed by atoms with E-state index < -0.39 is 5.97 Å². The van der Waals surface area contributed by atoms with Crippen molar-refractivity contribution in [3.05, 3.63) is 64.7 Å². The van der Waals surface area contributed by atoms with Crippen LogP contribution >= 0.6 is 0 Å². The van der Waals surface area contributed by atoms with Crippen LogP contribution in [0.2, 0.25) is 0 Å². The number of aromatic carboxylic acids is 1. The Morgan fingerprint density at radius 3 is 2.43 bits per heavy atom. The Hall–Kier alpha value is -2.73. The summed E-state index contributed by atoms with van der Waals surface area (Å²) in [5.41, 5.74) is 3.28. The number of fused-ring (bicyclic) bond motifs is 1. The molecule has 0 bridgehead atoms. The number of carbonyl (C=O) groups is 1. The fourth-order valence-corrected chi connectivity index (χ4v) is 2.65. The van der Waals surface area contributed by atoms with E-state index in [1.54, 1.807) is 24.3 Å². The number of benzene rings is 2. The van der Waals surface area contributed by atoms with Crippen molar-refractivity contribution >= 4 is 5.97 Å². The van der Waals surface area contributed by atoms with Gasteiger partial charge in [-0.15, -0.1) is 0 Å². The summed E-state index contributed by atoms with van der Waals surface area (Å²) >= 11 is 0. The van der Waals surface area contributed by atoms with E-state index in [1.165, 1.54) is 5.56 Å². The highest BCUT2D eigenvalue weighted by atomic mass is 16.5. The number of carboxylic acid groups (broad SMARTS) is 1. The van der Waals surface area contributed by atoms with E-state index in [-0.39, 0.29) is 11.0 Å². The van der Waals surface area contributed by atoms with Crippen LogP contribution in [0.4, 0.5) is 0 Å². The van der Waals surface area contributed by atoms with Crippen LogP contribution in [-0.2, 0) is 5.41 Å². The second kappa shape index (κ2) is 5.81. The van der Waals surface area contributed by atoms with Crippen LogP contribution < -0.4 is 4.74 Å². The lowest BCUT2D eigenvalue weighted by molar-refractivity contribution is 0.0697. The summed E-state index contributed by atoms with van der Waals surface area (Å²) in [6.45, 7) is 5.19. The Morgan fingerprint density at radius 2 is 1.74 bits per heavy atom. The van der Waals surface area contributed by atoms with Gasteiger partial charge in [-0.3, -0.25) is 0 Å². The third-order valence-corrected chi connectivity index (χ3v) is 4.18. The topological polar surface area (TPSA) is 46.5 Å². The number of hydrogen-bond acceptors (Lipinski definition) is 2. The molecule has 0 unspecified atom stereocenters. The van der Waals surface area contributed by atoms with Crippen molar-refractivity contribution < 1.29 is 14.6 Å². The molecule has 2 aromatic rings. The molecule has 1 heterocycles. The highest BCUT2D eigenvalue weighted by Crippen LogP contribution is 2.38. The summed E-state index contributed by atoms with van der Waals surface area (Å²) < 4.78 is 5.71. The van der Waals surface area contributed by atoms with Gasteiger partial charge in [-0.25, -0.2) is 4.79 Å². The molecule has 3 rings (SSSR count). The second-order valence-electron chi connectivity index (χ2n) is 6.33. The van der Waals surface area contributed by atoms with Crippen molar-refractivity contribution in [2.45, 2.75) is 25.7 Å². The molecule has 0 saturated carbocycles. The molecule has 1 aliphatic heterocycles. The van der Waals surface area contributed by atoms with E-state index in [1.807, 2.05) is 12.1 Å². The quantitative estimate of drug-likeness (QED) is 0.814. The molecule has 0 spiro atoms. The van der Waals surface area contributed by atoms with Crippen LogP contribution in [-0.4, -0.2) is 17.7 Å². The summed E-state index contributed by atoms with van der Waals surface area (Å²) in [5, 5.41) is 8.90. The van der Waals surface area contributed by atoms with Gasteiger partial charge in [-0.2, -0.15) is 0 Å². The molecule has 3 heteroatoms. The van der Waals surface area contributed by atoms with Crippen LogP contribution in [0.1, 0.15) is 47.3 Å². The van der Waals surface area contributed by atoms with Crippen molar-refractivity contribution in [3.8, 4) is 17.6 Å². The lowest BCUT2D eigenvalue weighted by Gasteiger charge is -2.32. The minimum Gasteiger partial charge on any atom is -0.493 e. The van der Waals surface area contributed by atoms with Gasteiger partial charge in [0.1, 0.15) is 5.75 Å². The van der Waals surface area contributed by atoms with Crippen molar-refractivity contribution in [1.29, 1.82) is 0 Å². The van der Waals surface area contributed by atoms with Crippen molar-refractivity contribution in [2.24, 2.45) is 0 Å². The number of ether oxygens (including phenoxy) is 1. The summed E-state index contributed by atoms with van der Waals surface area (Å²) in [6, 6.07) is 12.6. The first-order valence-corrected chi connectivity index (χ1v) is 7.58. The molecule has 0 saturated heterocycles. The van der Waals surface area contributed by atoms with E-state index in [4.69, 9.17) is 9.84 Å². The molecule has 0 atom stereocenters. The third kappa shape index (κ3) is 3.22. The molecular formula is C20H18O3. The van der Waals surface area contributed by atoms with E-state index in [2.05, 4.69) is 31.8 Å². The molecule has 116 valence electrons. The van der Waals surface area contributed by atoms with Gasteiger partial charge in [0.05, 0.1) is 12.2 Å². The Bertz CT molecular complexity index is 805. The monoisotopic (exact) mass is 306 g/mol. The van der Waals surface area contributed by atoms with Gasteiger partial charge in [-0.1, -0.05) is 25.7 Å². The first-order valence-electron chi connectivity index (χ1n) is 7.58. The normalized spacial score (nSPS) is 14.9. The van der Waals surface area contributed by atoms with Gasteiger partial charge >= 0.3 is 5.97 Å². The fraction of sp³-hybridized carbons (Fsp3) is 0.250. The molecule has 2 aromatic carbocycles. The van der Waals surface area contributed by atoms with E-state index in [0.29, 0.717) is 0 Å². The Labute approximate surface area is 135 Å². The maximum atomic E-state index is 10.8. The molecular weight excluding hydrogens is 288 g/mol. The zero-order valence-electron chi connectivity index (χ0n) is 13.2. The second-order valence-corrected chi connectivity index (χ2v) is 6.33. The Balaban J connectivity index is 1.88. The molecule has 0 aromatic heterocycles. The Morgan fingerprint density at radius 1 is 1.09 bits per heavy atom.